The van der Waals surface area contributed by atoms with E-state index in [1.54, 1.807) is 23.1 Å². The number of carbonyl (C=O) groups excluding carboxylic acids is 1. The van der Waals surface area contributed by atoms with Crippen molar-refractivity contribution < 1.29 is 13.2 Å². The molecule has 0 radical (unpaired) electrons. The highest BCUT2D eigenvalue weighted by molar-refractivity contribution is 7.92. The van der Waals surface area contributed by atoms with Crippen molar-refractivity contribution in [3.63, 3.8) is 0 Å². The molecule has 4 rings (SSSR count). The van der Waals surface area contributed by atoms with Gasteiger partial charge in [0.05, 0.1) is 4.90 Å². The maximum Gasteiger partial charge on any atom is 0.261 e. The van der Waals surface area contributed by atoms with Crippen LogP contribution in [0.5, 0.6) is 0 Å². The van der Waals surface area contributed by atoms with Gasteiger partial charge >= 0.3 is 0 Å². The molecule has 0 spiro atoms. The highest BCUT2D eigenvalue weighted by Gasteiger charge is 2.36. The maximum absolute atomic E-state index is 12.8. The Morgan fingerprint density at radius 1 is 1.08 bits per heavy atom. The van der Waals surface area contributed by atoms with E-state index >= 15 is 0 Å². The van der Waals surface area contributed by atoms with Gasteiger partial charge in [-0.1, -0.05) is 6.07 Å². The quantitative estimate of drug-likeness (QED) is 0.897. The number of hydrogen-bond acceptors (Lipinski definition) is 3. The van der Waals surface area contributed by atoms with Crippen molar-refractivity contribution in [2.45, 2.75) is 38.0 Å². The Bertz CT molecular complexity index is 974. The van der Waals surface area contributed by atoms with E-state index in [0.717, 1.165) is 35.2 Å². The first-order valence-electron chi connectivity index (χ1n) is 8.89. The molecular formula is C20H22N2O3S. The summed E-state index contributed by atoms with van der Waals surface area (Å²) < 4.78 is 28.2. The molecule has 2 aromatic rings. The van der Waals surface area contributed by atoms with Crippen LogP contribution in [0, 0.1) is 19.8 Å². The normalized spacial score (nSPS) is 16.5. The zero-order valence-electron chi connectivity index (χ0n) is 15.0. The number of nitrogens with zero attached hydrogens (tertiary/aromatic N) is 1. The predicted octanol–water partition coefficient (Wildman–Crippen LogP) is 3.40. The summed E-state index contributed by atoms with van der Waals surface area (Å²) in [4.78, 5) is 14.4. The van der Waals surface area contributed by atoms with Gasteiger partial charge in [0.15, 0.2) is 0 Å². The van der Waals surface area contributed by atoms with Crippen molar-refractivity contribution in [2.75, 3.05) is 16.2 Å². The van der Waals surface area contributed by atoms with E-state index in [1.807, 2.05) is 32.0 Å². The third-order valence-electron chi connectivity index (χ3n) is 4.92. The van der Waals surface area contributed by atoms with Gasteiger partial charge in [0, 0.05) is 23.8 Å². The van der Waals surface area contributed by atoms with Crippen molar-refractivity contribution in [1.29, 1.82) is 0 Å². The summed E-state index contributed by atoms with van der Waals surface area (Å²) >= 11 is 0. The van der Waals surface area contributed by atoms with Crippen LogP contribution in [0.4, 0.5) is 11.4 Å². The van der Waals surface area contributed by atoms with Crippen LogP contribution in [0.3, 0.4) is 0 Å². The van der Waals surface area contributed by atoms with E-state index in [9.17, 15) is 13.2 Å². The monoisotopic (exact) mass is 370 g/mol. The zero-order chi connectivity index (χ0) is 18.5. The van der Waals surface area contributed by atoms with Gasteiger partial charge in [-0.2, -0.15) is 0 Å². The highest BCUT2D eigenvalue weighted by Crippen LogP contribution is 2.37. The van der Waals surface area contributed by atoms with Crippen LogP contribution in [0.25, 0.3) is 0 Å². The lowest BCUT2D eigenvalue weighted by molar-refractivity contribution is -0.119. The summed E-state index contributed by atoms with van der Waals surface area (Å²) in [6, 6.07) is 10.7. The van der Waals surface area contributed by atoms with Crippen molar-refractivity contribution in [1.82, 2.24) is 0 Å². The van der Waals surface area contributed by atoms with Gasteiger partial charge in [0.25, 0.3) is 10.0 Å². The van der Waals surface area contributed by atoms with Crippen LogP contribution in [0.2, 0.25) is 0 Å². The number of carbonyl (C=O) groups is 1. The Hall–Kier alpha value is -2.34. The van der Waals surface area contributed by atoms with Gasteiger partial charge in [0.2, 0.25) is 5.91 Å². The average Bonchev–Trinajstić information content (AvgIpc) is 3.32. The fourth-order valence-electron chi connectivity index (χ4n) is 3.57. The molecule has 1 aliphatic carbocycles. The number of anilines is 2. The molecule has 1 fully saturated rings. The lowest BCUT2D eigenvalue weighted by atomic mass is 10.1. The number of hydrogen-bond donors (Lipinski definition) is 1. The van der Waals surface area contributed by atoms with Gasteiger partial charge in [-0.25, -0.2) is 8.42 Å². The van der Waals surface area contributed by atoms with Crippen LogP contribution in [0.15, 0.2) is 41.3 Å². The molecule has 2 aliphatic rings. The fraction of sp³-hybridized carbons (Fsp3) is 0.350. The summed E-state index contributed by atoms with van der Waals surface area (Å²) in [5.41, 5.74) is 4.35. The van der Waals surface area contributed by atoms with Crippen LogP contribution in [0.1, 0.15) is 29.5 Å². The molecule has 1 N–H and O–H groups in total. The SMILES string of the molecule is Cc1cc(C)cc(NS(=O)(=O)c2ccc3c(c2)CCN3C(=O)C2CC2)c1. The van der Waals surface area contributed by atoms with E-state index in [0.29, 0.717) is 18.7 Å². The molecule has 1 aliphatic heterocycles. The topological polar surface area (TPSA) is 66.5 Å². The summed E-state index contributed by atoms with van der Waals surface area (Å²) in [7, 11) is -3.66. The lowest BCUT2D eigenvalue weighted by Crippen LogP contribution is -2.30. The van der Waals surface area contributed by atoms with Crippen LogP contribution < -0.4 is 9.62 Å². The molecule has 0 atom stereocenters. The Kier molecular flexibility index (Phi) is 4.03. The standard InChI is InChI=1S/C20H22N2O3S/c1-13-9-14(2)11-17(10-13)21-26(24,25)18-5-6-19-16(12-18)7-8-22(19)20(23)15-3-4-15/h5-6,9-12,15,21H,3-4,7-8H2,1-2H3. The molecule has 1 amide bonds. The van der Waals surface area contributed by atoms with E-state index in [2.05, 4.69) is 4.72 Å². The van der Waals surface area contributed by atoms with E-state index < -0.39 is 10.0 Å². The van der Waals surface area contributed by atoms with Crippen LogP contribution >= 0.6 is 0 Å². The number of rotatable bonds is 4. The van der Waals surface area contributed by atoms with Crippen LogP contribution in [-0.4, -0.2) is 20.9 Å². The first-order chi connectivity index (χ1) is 12.3. The number of sulfonamides is 1. The molecule has 0 saturated heterocycles. The summed E-state index contributed by atoms with van der Waals surface area (Å²) in [6.07, 6.45) is 2.63. The van der Waals surface area contributed by atoms with Gasteiger partial charge in [-0.15, -0.1) is 0 Å². The Morgan fingerprint density at radius 2 is 1.77 bits per heavy atom. The largest absolute Gasteiger partial charge is 0.312 e. The molecule has 0 bridgehead atoms. The van der Waals surface area contributed by atoms with E-state index in [-0.39, 0.29) is 16.7 Å². The molecule has 2 aromatic carbocycles. The number of nitrogens with one attached hydrogen (secondary N) is 1. The first-order valence-corrected chi connectivity index (χ1v) is 10.4. The Balaban J connectivity index is 1.60. The molecule has 1 saturated carbocycles. The molecular weight excluding hydrogens is 348 g/mol. The van der Waals surface area contributed by atoms with E-state index in [1.165, 1.54) is 0 Å². The van der Waals surface area contributed by atoms with Crippen LogP contribution in [-0.2, 0) is 21.2 Å². The summed E-state index contributed by atoms with van der Waals surface area (Å²) in [6.45, 7) is 4.51. The fourth-order valence-corrected chi connectivity index (χ4v) is 4.66. The number of benzene rings is 2. The molecule has 26 heavy (non-hydrogen) atoms. The first kappa shape index (κ1) is 17.1. The Morgan fingerprint density at radius 3 is 2.42 bits per heavy atom. The minimum atomic E-state index is -3.66. The van der Waals surface area contributed by atoms with Gasteiger partial charge in [-0.3, -0.25) is 9.52 Å². The lowest BCUT2D eigenvalue weighted by Gasteiger charge is -2.17. The zero-order valence-corrected chi connectivity index (χ0v) is 15.8. The smallest absolute Gasteiger partial charge is 0.261 e. The van der Waals surface area contributed by atoms with Crippen molar-refractivity contribution in [3.05, 3.63) is 53.1 Å². The molecule has 6 heteroatoms. The molecule has 5 nitrogen and oxygen atoms in total. The summed E-state index contributed by atoms with van der Waals surface area (Å²) in [5, 5.41) is 0. The molecule has 0 aromatic heterocycles. The average molecular weight is 370 g/mol. The van der Waals surface area contributed by atoms with E-state index in [4.69, 9.17) is 0 Å². The van der Waals surface area contributed by atoms with Gasteiger partial charge in [0.1, 0.15) is 0 Å². The van der Waals surface area contributed by atoms with Crippen molar-refractivity contribution in [3.8, 4) is 0 Å². The second kappa shape index (κ2) is 6.13. The second-order valence-electron chi connectivity index (χ2n) is 7.29. The highest BCUT2D eigenvalue weighted by atomic mass is 32.2. The predicted molar refractivity (Wildman–Crippen MR) is 102 cm³/mol. The van der Waals surface area contributed by atoms with Gasteiger partial charge < -0.3 is 4.90 Å². The molecule has 1 heterocycles. The number of amides is 1. The summed E-state index contributed by atoms with van der Waals surface area (Å²) in [5.74, 6) is 0.336. The third-order valence-corrected chi connectivity index (χ3v) is 6.30. The minimum absolute atomic E-state index is 0.163. The van der Waals surface area contributed by atoms with Crippen molar-refractivity contribution >= 4 is 27.3 Å². The minimum Gasteiger partial charge on any atom is -0.312 e. The Labute approximate surface area is 154 Å². The molecule has 0 unspecified atom stereocenters. The number of aryl methyl sites for hydroxylation is 2. The number of fused-ring (bicyclic) bond motifs is 1. The van der Waals surface area contributed by atoms with Gasteiger partial charge in [-0.05, 0) is 80.1 Å². The molecule has 136 valence electrons. The second-order valence-corrected chi connectivity index (χ2v) is 8.97. The maximum atomic E-state index is 12.8. The van der Waals surface area contributed by atoms with Crippen molar-refractivity contribution in [2.24, 2.45) is 5.92 Å². The third kappa shape index (κ3) is 3.21.